The molecular weight excluding hydrogens is 212 g/mol. The first-order valence-electron chi connectivity index (χ1n) is 6.70. The number of likely N-dealkylation sites (N-methyl/N-ethyl adjacent to an activating group) is 1. The normalized spacial score (nSPS) is 18.7. The molecule has 1 aromatic heterocycles. The molecule has 4 nitrogen and oxygen atoms in total. The van der Waals surface area contributed by atoms with E-state index in [1.54, 1.807) is 0 Å². The maximum Gasteiger partial charge on any atom is 0.108 e. The smallest absolute Gasteiger partial charge is 0.108 e. The summed E-state index contributed by atoms with van der Waals surface area (Å²) in [7, 11) is 2.20. The average Bonchev–Trinajstić information content (AvgIpc) is 2.77. The minimum absolute atomic E-state index is 1.08. The largest absolute Gasteiger partial charge is 0.334 e. The van der Waals surface area contributed by atoms with Crippen LogP contribution >= 0.6 is 0 Å². The predicted octanol–water partition coefficient (Wildman–Crippen LogP) is 1.08. The lowest BCUT2D eigenvalue weighted by molar-refractivity contribution is 0.150. The number of aromatic nitrogens is 2. The lowest BCUT2D eigenvalue weighted by Crippen LogP contribution is -2.45. The van der Waals surface area contributed by atoms with E-state index >= 15 is 0 Å². The number of hydrogen-bond acceptors (Lipinski definition) is 3. The van der Waals surface area contributed by atoms with Gasteiger partial charge < -0.3 is 9.47 Å². The van der Waals surface area contributed by atoms with Gasteiger partial charge in [0.2, 0.25) is 0 Å². The van der Waals surface area contributed by atoms with E-state index in [4.69, 9.17) is 0 Å². The van der Waals surface area contributed by atoms with Crippen molar-refractivity contribution >= 4 is 0 Å². The maximum atomic E-state index is 4.42. The average molecular weight is 236 g/mol. The molecule has 1 fully saturated rings. The maximum absolute atomic E-state index is 4.42. The zero-order valence-corrected chi connectivity index (χ0v) is 11.1. The highest BCUT2D eigenvalue weighted by atomic mass is 15.3. The van der Waals surface area contributed by atoms with E-state index in [1.165, 1.54) is 38.4 Å². The molecule has 0 aromatic carbocycles. The molecule has 0 unspecified atom stereocenters. The van der Waals surface area contributed by atoms with E-state index in [9.17, 15) is 0 Å². The quantitative estimate of drug-likeness (QED) is 0.765. The van der Waals surface area contributed by atoms with Crippen LogP contribution in [0.4, 0.5) is 0 Å². The monoisotopic (exact) mass is 236 g/mol. The van der Waals surface area contributed by atoms with Gasteiger partial charge in [0.05, 0.1) is 0 Å². The standard InChI is InChI=1S/C13H24N4/c1-3-4-13-14-5-6-17(13)12-11-16-9-7-15(2)8-10-16/h5-6H,3-4,7-12H2,1-2H3. The molecule has 0 aliphatic carbocycles. The molecule has 0 bridgehead atoms. The molecule has 96 valence electrons. The van der Waals surface area contributed by atoms with Gasteiger partial charge in [-0.25, -0.2) is 4.98 Å². The van der Waals surface area contributed by atoms with Crippen LogP contribution in [0.3, 0.4) is 0 Å². The number of hydrogen-bond donors (Lipinski definition) is 0. The van der Waals surface area contributed by atoms with Gasteiger partial charge >= 0.3 is 0 Å². The second-order valence-corrected chi connectivity index (χ2v) is 4.93. The molecule has 0 radical (unpaired) electrons. The Kier molecular flexibility index (Phi) is 4.57. The Morgan fingerprint density at radius 3 is 2.65 bits per heavy atom. The van der Waals surface area contributed by atoms with Crippen molar-refractivity contribution in [1.82, 2.24) is 19.4 Å². The first-order chi connectivity index (χ1) is 8.29. The highest BCUT2D eigenvalue weighted by molar-refractivity contribution is 4.92. The van der Waals surface area contributed by atoms with Gasteiger partial charge in [0.25, 0.3) is 0 Å². The highest BCUT2D eigenvalue weighted by Crippen LogP contribution is 2.04. The molecule has 0 amide bonds. The van der Waals surface area contributed by atoms with Gasteiger partial charge in [-0.1, -0.05) is 6.92 Å². The van der Waals surface area contributed by atoms with E-state index in [0.717, 1.165) is 19.5 Å². The molecular formula is C13H24N4. The SMILES string of the molecule is CCCc1nccn1CCN1CCN(C)CC1. The number of rotatable bonds is 5. The first kappa shape index (κ1) is 12.6. The fourth-order valence-corrected chi connectivity index (χ4v) is 2.32. The van der Waals surface area contributed by atoms with Crippen LogP contribution in [0.2, 0.25) is 0 Å². The van der Waals surface area contributed by atoms with E-state index in [2.05, 4.69) is 39.5 Å². The second-order valence-electron chi connectivity index (χ2n) is 4.93. The second kappa shape index (κ2) is 6.17. The van der Waals surface area contributed by atoms with Crippen LogP contribution < -0.4 is 0 Å². The van der Waals surface area contributed by atoms with Crippen LogP contribution in [0.1, 0.15) is 19.2 Å². The Hall–Kier alpha value is -0.870. The van der Waals surface area contributed by atoms with Crippen LogP contribution in [0.25, 0.3) is 0 Å². The van der Waals surface area contributed by atoms with Gasteiger partial charge in [0, 0.05) is 58.1 Å². The van der Waals surface area contributed by atoms with Gasteiger partial charge in [-0.2, -0.15) is 0 Å². The van der Waals surface area contributed by atoms with Crippen LogP contribution in [0.5, 0.6) is 0 Å². The van der Waals surface area contributed by atoms with Crippen molar-refractivity contribution < 1.29 is 0 Å². The van der Waals surface area contributed by atoms with Crippen molar-refractivity contribution in [3.63, 3.8) is 0 Å². The number of nitrogens with zero attached hydrogens (tertiary/aromatic N) is 4. The van der Waals surface area contributed by atoms with Gasteiger partial charge in [-0.05, 0) is 13.5 Å². The molecule has 2 rings (SSSR count). The van der Waals surface area contributed by atoms with Crippen molar-refractivity contribution in [3.05, 3.63) is 18.2 Å². The molecule has 4 heteroatoms. The summed E-state index contributed by atoms with van der Waals surface area (Å²) in [6, 6.07) is 0. The zero-order chi connectivity index (χ0) is 12.1. The van der Waals surface area contributed by atoms with Crippen LogP contribution in [0.15, 0.2) is 12.4 Å². The topological polar surface area (TPSA) is 24.3 Å². The van der Waals surface area contributed by atoms with Crippen LogP contribution in [-0.4, -0.2) is 59.1 Å². The van der Waals surface area contributed by atoms with Crippen molar-refractivity contribution in [3.8, 4) is 0 Å². The first-order valence-corrected chi connectivity index (χ1v) is 6.70. The van der Waals surface area contributed by atoms with Crippen molar-refractivity contribution in [1.29, 1.82) is 0 Å². The summed E-state index contributed by atoms with van der Waals surface area (Å²) in [6.45, 7) is 9.25. The summed E-state index contributed by atoms with van der Waals surface area (Å²) >= 11 is 0. The van der Waals surface area contributed by atoms with Crippen LogP contribution in [0, 0.1) is 0 Å². The van der Waals surface area contributed by atoms with Crippen LogP contribution in [-0.2, 0) is 13.0 Å². The number of aryl methyl sites for hydroxylation is 1. The van der Waals surface area contributed by atoms with Crippen molar-refractivity contribution in [2.45, 2.75) is 26.3 Å². The molecule has 0 atom stereocenters. The van der Waals surface area contributed by atoms with E-state index in [-0.39, 0.29) is 0 Å². The summed E-state index contributed by atoms with van der Waals surface area (Å²) in [5.74, 6) is 1.24. The van der Waals surface area contributed by atoms with Crippen molar-refractivity contribution in [2.24, 2.45) is 0 Å². The summed E-state index contributed by atoms with van der Waals surface area (Å²) in [5.41, 5.74) is 0. The highest BCUT2D eigenvalue weighted by Gasteiger charge is 2.13. The summed E-state index contributed by atoms with van der Waals surface area (Å²) in [6.07, 6.45) is 6.30. The van der Waals surface area contributed by atoms with Gasteiger partial charge in [-0.15, -0.1) is 0 Å². The molecule has 1 aliphatic heterocycles. The molecule has 1 aromatic rings. The Morgan fingerprint density at radius 2 is 1.94 bits per heavy atom. The third-order valence-electron chi connectivity index (χ3n) is 3.53. The van der Waals surface area contributed by atoms with E-state index < -0.39 is 0 Å². The third-order valence-corrected chi connectivity index (χ3v) is 3.53. The van der Waals surface area contributed by atoms with E-state index in [0.29, 0.717) is 0 Å². The van der Waals surface area contributed by atoms with Gasteiger partial charge in [0.15, 0.2) is 0 Å². The molecule has 0 N–H and O–H groups in total. The Labute approximate surface area is 104 Å². The molecule has 0 saturated carbocycles. The molecule has 2 heterocycles. The zero-order valence-electron chi connectivity index (χ0n) is 11.1. The molecule has 1 saturated heterocycles. The summed E-state index contributed by atoms with van der Waals surface area (Å²) < 4.78 is 2.31. The Bertz CT molecular complexity index is 326. The minimum Gasteiger partial charge on any atom is -0.334 e. The fraction of sp³-hybridized carbons (Fsp3) is 0.769. The molecule has 17 heavy (non-hydrogen) atoms. The van der Waals surface area contributed by atoms with Gasteiger partial charge in [0.1, 0.15) is 5.82 Å². The summed E-state index contributed by atoms with van der Waals surface area (Å²) in [4.78, 5) is 9.37. The van der Waals surface area contributed by atoms with Gasteiger partial charge in [-0.3, -0.25) is 4.90 Å². The van der Waals surface area contributed by atoms with E-state index in [1.807, 2.05) is 6.20 Å². The third kappa shape index (κ3) is 3.54. The molecule has 0 spiro atoms. The Morgan fingerprint density at radius 1 is 1.18 bits per heavy atom. The lowest BCUT2D eigenvalue weighted by atomic mass is 10.3. The fourth-order valence-electron chi connectivity index (χ4n) is 2.32. The minimum atomic E-state index is 1.08. The Balaban J connectivity index is 1.79. The molecule has 1 aliphatic rings. The lowest BCUT2D eigenvalue weighted by Gasteiger charge is -2.32. The van der Waals surface area contributed by atoms with Crippen molar-refractivity contribution in [2.75, 3.05) is 39.8 Å². The predicted molar refractivity (Wildman–Crippen MR) is 70.2 cm³/mol. The number of piperazine rings is 1. The summed E-state index contributed by atoms with van der Waals surface area (Å²) in [5, 5.41) is 0. The number of imidazole rings is 1.